The van der Waals surface area contributed by atoms with E-state index in [1.807, 2.05) is 6.07 Å². The molecule has 0 spiro atoms. The fourth-order valence-corrected chi connectivity index (χ4v) is 3.37. The lowest BCUT2D eigenvalue weighted by Gasteiger charge is -2.31. The van der Waals surface area contributed by atoms with Gasteiger partial charge in [-0.25, -0.2) is 0 Å². The van der Waals surface area contributed by atoms with Crippen LogP contribution < -0.4 is 11.1 Å². The van der Waals surface area contributed by atoms with Gasteiger partial charge >= 0.3 is 0 Å². The van der Waals surface area contributed by atoms with Gasteiger partial charge in [0.1, 0.15) is 0 Å². The maximum absolute atomic E-state index is 12.4. The minimum Gasteiger partial charge on any atom is -0.376 e. The van der Waals surface area contributed by atoms with Gasteiger partial charge in [-0.15, -0.1) is 11.3 Å². The molecule has 1 aliphatic heterocycles. The molecule has 2 rings (SSSR count). The first-order chi connectivity index (χ1) is 9.14. The second-order valence-corrected chi connectivity index (χ2v) is 6.14. The first kappa shape index (κ1) is 14.5. The topological polar surface area (TPSA) is 64.3 Å². The minimum atomic E-state index is -0.280. The van der Waals surface area contributed by atoms with Crippen molar-refractivity contribution < 1.29 is 9.53 Å². The SMILES string of the molecule is CCC(CC)(CN)NC(=O)c1cc2c(s1)CCOC2. The molecule has 4 nitrogen and oxygen atoms in total. The van der Waals surface area contributed by atoms with Crippen LogP contribution in [-0.4, -0.2) is 24.6 Å². The van der Waals surface area contributed by atoms with Gasteiger partial charge in [-0.2, -0.15) is 0 Å². The van der Waals surface area contributed by atoms with Gasteiger partial charge in [0.25, 0.3) is 5.91 Å². The van der Waals surface area contributed by atoms with Crippen LogP contribution in [0, 0.1) is 0 Å². The molecule has 0 aromatic carbocycles. The Labute approximate surface area is 118 Å². The molecule has 19 heavy (non-hydrogen) atoms. The third kappa shape index (κ3) is 2.99. The van der Waals surface area contributed by atoms with Crippen LogP contribution in [0.3, 0.4) is 0 Å². The minimum absolute atomic E-state index is 0.00597. The van der Waals surface area contributed by atoms with Gasteiger partial charge in [0.05, 0.1) is 23.6 Å². The Hall–Kier alpha value is -0.910. The molecule has 0 saturated heterocycles. The van der Waals surface area contributed by atoms with Gasteiger partial charge in [-0.1, -0.05) is 13.8 Å². The van der Waals surface area contributed by atoms with Crippen LogP contribution in [0.25, 0.3) is 0 Å². The molecule has 0 bridgehead atoms. The van der Waals surface area contributed by atoms with Crippen molar-refractivity contribution >= 4 is 17.2 Å². The van der Waals surface area contributed by atoms with Crippen LogP contribution in [0.15, 0.2) is 6.07 Å². The second kappa shape index (κ2) is 6.03. The fraction of sp³-hybridized carbons (Fsp3) is 0.643. The van der Waals surface area contributed by atoms with Crippen molar-refractivity contribution in [2.75, 3.05) is 13.2 Å². The lowest BCUT2D eigenvalue weighted by atomic mass is 9.93. The van der Waals surface area contributed by atoms with E-state index >= 15 is 0 Å². The van der Waals surface area contributed by atoms with Crippen molar-refractivity contribution in [3.63, 3.8) is 0 Å². The van der Waals surface area contributed by atoms with Crippen molar-refractivity contribution in [2.45, 2.75) is 45.3 Å². The Balaban J connectivity index is 2.13. The summed E-state index contributed by atoms with van der Waals surface area (Å²) in [5, 5.41) is 3.11. The van der Waals surface area contributed by atoms with Crippen LogP contribution in [0.2, 0.25) is 0 Å². The number of thiophene rings is 1. The molecule has 1 aliphatic rings. The molecule has 0 unspecified atom stereocenters. The maximum Gasteiger partial charge on any atom is 0.261 e. The summed E-state index contributed by atoms with van der Waals surface area (Å²) in [5.74, 6) is -0.00597. The normalized spacial score (nSPS) is 15.1. The van der Waals surface area contributed by atoms with E-state index in [0.29, 0.717) is 13.2 Å². The van der Waals surface area contributed by atoms with Gasteiger partial charge in [0.2, 0.25) is 0 Å². The summed E-state index contributed by atoms with van der Waals surface area (Å²) in [6.45, 7) is 5.97. The summed E-state index contributed by atoms with van der Waals surface area (Å²) >= 11 is 1.58. The van der Waals surface area contributed by atoms with Crippen LogP contribution in [0.4, 0.5) is 0 Å². The molecule has 0 saturated carbocycles. The summed E-state index contributed by atoms with van der Waals surface area (Å²) in [4.78, 5) is 14.4. The number of hydrogen-bond acceptors (Lipinski definition) is 4. The van der Waals surface area contributed by atoms with E-state index in [-0.39, 0.29) is 11.4 Å². The van der Waals surface area contributed by atoms with E-state index < -0.39 is 0 Å². The molecular weight excluding hydrogens is 260 g/mol. The molecule has 1 amide bonds. The van der Waals surface area contributed by atoms with Gasteiger partial charge in [0.15, 0.2) is 0 Å². The summed E-state index contributed by atoms with van der Waals surface area (Å²) in [6, 6.07) is 1.96. The van der Waals surface area contributed by atoms with Crippen molar-refractivity contribution in [2.24, 2.45) is 5.73 Å². The van der Waals surface area contributed by atoms with Crippen LogP contribution in [0.1, 0.15) is 46.8 Å². The third-order valence-corrected chi connectivity index (χ3v) is 5.21. The first-order valence-corrected chi connectivity index (χ1v) is 7.67. The smallest absolute Gasteiger partial charge is 0.261 e. The molecule has 106 valence electrons. The van der Waals surface area contributed by atoms with Crippen molar-refractivity contribution in [1.29, 1.82) is 0 Å². The number of nitrogens with one attached hydrogen (secondary N) is 1. The molecule has 3 N–H and O–H groups in total. The molecular formula is C14H22N2O2S. The monoisotopic (exact) mass is 282 g/mol. The molecule has 1 aromatic heterocycles. The van der Waals surface area contributed by atoms with Gasteiger partial charge < -0.3 is 15.8 Å². The molecule has 5 heteroatoms. The number of hydrogen-bond donors (Lipinski definition) is 2. The molecule has 0 aliphatic carbocycles. The Kier molecular flexibility index (Phi) is 4.60. The van der Waals surface area contributed by atoms with Gasteiger partial charge in [-0.3, -0.25) is 4.79 Å². The molecule has 0 radical (unpaired) electrons. The zero-order valence-corrected chi connectivity index (χ0v) is 12.4. The number of nitrogens with two attached hydrogens (primary N) is 1. The van der Waals surface area contributed by atoms with Gasteiger partial charge in [0, 0.05) is 17.8 Å². The Bertz CT molecular complexity index is 421. The molecule has 0 atom stereocenters. The highest BCUT2D eigenvalue weighted by Gasteiger charge is 2.28. The van der Waals surface area contributed by atoms with Crippen LogP contribution >= 0.6 is 11.3 Å². The van der Waals surface area contributed by atoms with Crippen molar-refractivity contribution in [3.8, 4) is 0 Å². The summed E-state index contributed by atoms with van der Waals surface area (Å²) in [5.41, 5.74) is 6.70. The number of fused-ring (bicyclic) bond motifs is 1. The highest BCUT2D eigenvalue weighted by Crippen LogP contribution is 2.27. The molecule has 1 aromatic rings. The summed E-state index contributed by atoms with van der Waals surface area (Å²) in [6.07, 6.45) is 2.61. The summed E-state index contributed by atoms with van der Waals surface area (Å²) < 4.78 is 5.41. The van der Waals surface area contributed by atoms with E-state index in [1.165, 1.54) is 4.88 Å². The number of ether oxygens (including phenoxy) is 1. The van der Waals surface area contributed by atoms with Crippen LogP contribution in [0.5, 0.6) is 0 Å². The lowest BCUT2D eigenvalue weighted by Crippen LogP contribution is -2.52. The highest BCUT2D eigenvalue weighted by atomic mass is 32.1. The van der Waals surface area contributed by atoms with Crippen LogP contribution in [-0.2, 0) is 17.8 Å². The molecule has 0 fully saturated rings. The van der Waals surface area contributed by atoms with E-state index in [0.717, 1.165) is 36.3 Å². The largest absolute Gasteiger partial charge is 0.376 e. The standard InChI is InChI=1S/C14H22N2O2S/c1-3-14(4-2,9-15)16-13(17)12-7-10-8-18-6-5-11(10)19-12/h7H,3-6,8-9,15H2,1-2H3,(H,16,17). The predicted molar refractivity (Wildman–Crippen MR) is 77.5 cm³/mol. The van der Waals surface area contributed by atoms with E-state index in [2.05, 4.69) is 19.2 Å². The quantitative estimate of drug-likeness (QED) is 0.869. The van der Waals surface area contributed by atoms with Gasteiger partial charge in [-0.05, 0) is 24.5 Å². The lowest BCUT2D eigenvalue weighted by molar-refractivity contribution is 0.0899. The molecule has 2 heterocycles. The number of rotatable bonds is 5. The van der Waals surface area contributed by atoms with E-state index in [1.54, 1.807) is 11.3 Å². The number of carbonyl (C=O) groups is 1. The maximum atomic E-state index is 12.4. The van der Waals surface area contributed by atoms with E-state index in [9.17, 15) is 4.79 Å². The van der Waals surface area contributed by atoms with Crippen molar-refractivity contribution in [1.82, 2.24) is 5.32 Å². The second-order valence-electron chi connectivity index (χ2n) is 5.01. The first-order valence-electron chi connectivity index (χ1n) is 6.86. The number of carbonyl (C=O) groups excluding carboxylic acids is 1. The Morgan fingerprint density at radius 3 is 2.84 bits per heavy atom. The number of amides is 1. The average molecular weight is 282 g/mol. The Morgan fingerprint density at radius 2 is 2.26 bits per heavy atom. The zero-order chi connectivity index (χ0) is 13.9. The average Bonchev–Trinajstić information content (AvgIpc) is 2.89. The Morgan fingerprint density at radius 1 is 1.53 bits per heavy atom. The summed E-state index contributed by atoms with van der Waals surface area (Å²) in [7, 11) is 0. The van der Waals surface area contributed by atoms with E-state index in [4.69, 9.17) is 10.5 Å². The van der Waals surface area contributed by atoms with Crippen molar-refractivity contribution in [3.05, 3.63) is 21.4 Å². The highest BCUT2D eigenvalue weighted by molar-refractivity contribution is 7.14. The zero-order valence-electron chi connectivity index (χ0n) is 11.6. The fourth-order valence-electron chi connectivity index (χ4n) is 2.33. The predicted octanol–water partition coefficient (Wildman–Crippen LogP) is 2.07. The third-order valence-electron chi connectivity index (χ3n) is 3.97.